The minimum absolute atomic E-state index is 0.451. The van der Waals surface area contributed by atoms with E-state index in [9.17, 15) is 0 Å². The van der Waals surface area contributed by atoms with Gasteiger partial charge in [0.2, 0.25) is 0 Å². The van der Waals surface area contributed by atoms with Gasteiger partial charge in [0.25, 0.3) is 6.13 Å². The summed E-state index contributed by atoms with van der Waals surface area (Å²) in [6, 6.07) is 0. The van der Waals surface area contributed by atoms with Crippen molar-refractivity contribution in [1.29, 1.82) is 0 Å². The SMILES string of the molecule is CC1CCC(C)CB(Cl)C1. The molecule has 10 heavy (non-hydrogen) atoms. The van der Waals surface area contributed by atoms with E-state index in [1.807, 2.05) is 0 Å². The van der Waals surface area contributed by atoms with Gasteiger partial charge < -0.3 is 0 Å². The van der Waals surface area contributed by atoms with Gasteiger partial charge in [0.15, 0.2) is 0 Å². The smallest absolute Gasteiger partial charge is 0.196 e. The van der Waals surface area contributed by atoms with Crippen molar-refractivity contribution in [3.8, 4) is 0 Å². The van der Waals surface area contributed by atoms with E-state index in [0.29, 0.717) is 6.13 Å². The van der Waals surface area contributed by atoms with Gasteiger partial charge in [-0.05, 0) is 11.8 Å². The first kappa shape index (κ1) is 8.45. The summed E-state index contributed by atoms with van der Waals surface area (Å²) >= 11 is 6.11. The molecule has 2 heteroatoms. The molecule has 0 aliphatic carbocycles. The molecule has 0 radical (unpaired) electrons. The molecule has 0 amide bonds. The molecule has 0 aromatic heterocycles. The van der Waals surface area contributed by atoms with Gasteiger partial charge >= 0.3 is 0 Å². The molecule has 0 bridgehead atoms. The number of hydrogen-bond donors (Lipinski definition) is 0. The fraction of sp³-hybridized carbons (Fsp3) is 1.00. The maximum Gasteiger partial charge on any atom is 0.251 e. The van der Waals surface area contributed by atoms with E-state index in [4.69, 9.17) is 11.5 Å². The highest BCUT2D eigenvalue weighted by atomic mass is 35.5. The molecule has 58 valence electrons. The summed E-state index contributed by atoms with van der Waals surface area (Å²) in [4.78, 5) is 0. The van der Waals surface area contributed by atoms with Crippen molar-refractivity contribution in [3.05, 3.63) is 0 Å². The zero-order valence-electron chi connectivity index (χ0n) is 6.94. The van der Waals surface area contributed by atoms with Crippen LogP contribution in [0.4, 0.5) is 0 Å². The second-order valence-corrected chi connectivity index (χ2v) is 4.47. The first-order valence-corrected chi connectivity index (χ1v) is 4.76. The second-order valence-electron chi connectivity index (χ2n) is 3.86. The minimum atomic E-state index is 0.451. The van der Waals surface area contributed by atoms with Gasteiger partial charge in [0, 0.05) is 0 Å². The topological polar surface area (TPSA) is 0 Å². The van der Waals surface area contributed by atoms with Crippen LogP contribution in [0.15, 0.2) is 0 Å². The van der Waals surface area contributed by atoms with Crippen LogP contribution < -0.4 is 0 Å². The number of rotatable bonds is 0. The fourth-order valence-electron chi connectivity index (χ4n) is 1.77. The lowest BCUT2D eigenvalue weighted by atomic mass is 9.64. The van der Waals surface area contributed by atoms with Crippen LogP contribution in [0.2, 0.25) is 12.6 Å². The van der Waals surface area contributed by atoms with Crippen molar-refractivity contribution in [2.24, 2.45) is 11.8 Å². The molecule has 0 saturated carbocycles. The van der Waals surface area contributed by atoms with Crippen molar-refractivity contribution in [2.75, 3.05) is 0 Å². The van der Waals surface area contributed by atoms with Crippen LogP contribution in [0.5, 0.6) is 0 Å². The van der Waals surface area contributed by atoms with Crippen molar-refractivity contribution in [1.82, 2.24) is 0 Å². The highest BCUT2D eigenvalue weighted by Gasteiger charge is 2.22. The Balaban J connectivity index is 2.38. The average molecular weight is 158 g/mol. The van der Waals surface area contributed by atoms with Crippen molar-refractivity contribution in [3.63, 3.8) is 0 Å². The molecule has 2 atom stereocenters. The van der Waals surface area contributed by atoms with Gasteiger partial charge in [-0.1, -0.05) is 39.3 Å². The van der Waals surface area contributed by atoms with Gasteiger partial charge in [0.05, 0.1) is 0 Å². The standard InChI is InChI=1S/C8H16BCl/c1-7-3-4-8(2)6-9(10)5-7/h7-8H,3-6H2,1-2H3. The molecule has 0 aromatic carbocycles. The van der Waals surface area contributed by atoms with Crippen LogP contribution in [-0.4, -0.2) is 6.13 Å². The molecule has 0 N–H and O–H groups in total. The number of halogens is 1. The third-order valence-electron chi connectivity index (χ3n) is 2.47. The van der Waals surface area contributed by atoms with Crippen LogP contribution in [-0.2, 0) is 0 Å². The zero-order chi connectivity index (χ0) is 7.56. The highest BCUT2D eigenvalue weighted by Crippen LogP contribution is 2.28. The van der Waals surface area contributed by atoms with Crippen LogP contribution in [0.3, 0.4) is 0 Å². The van der Waals surface area contributed by atoms with Crippen LogP contribution >= 0.6 is 11.5 Å². The van der Waals surface area contributed by atoms with E-state index in [1.165, 1.54) is 25.5 Å². The summed E-state index contributed by atoms with van der Waals surface area (Å²) < 4.78 is 0. The van der Waals surface area contributed by atoms with Crippen LogP contribution in [0, 0.1) is 11.8 Å². The summed E-state index contributed by atoms with van der Waals surface area (Å²) in [5.41, 5.74) is 0. The van der Waals surface area contributed by atoms with E-state index in [0.717, 1.165) is 11.8 Å². The minimum Gasteiger partial charge on any atom is -0.196 e. The summed E-state index contributed by atoms with van der Waals surface area (Å²) in [6.45, 7) is 4.63. The summed E-state index contributed by atoms with van der Waals surface area (Å²) in [6.07, 6.45) is 5.67. The molecule has 2 unspecified atom stereocenters. The molecule has 0 aromatic rings. The zero-order valence-corrected chi connectivity index (χ0v) is 7.69. The second kappa shape index (κ2) is 3.66. The lowest BCUT2D eigenvalue weighted by molar-refractivity contribution is 0.493. The Bertz CT molecular complexity index is 93.4. The Morgan fingerprint density at radius 3 is 1.90 bits per heavy atom. The predicted octanol–water partition coefficient (Wildman–Crippen LogP) is 3.28. The monoisotopic (exact) mass is 158 g/mol. The van der Waals surface area contributed by atoms with Gasteiger partial charge in [-0.3, -0.25) is 0 Å². The quantitative estimate of drug-likeness (QED) is 0.475. The third-order valence-corrected chi connectivity index (χ3v) is 2.82. The Labute approximate surface area is 69.3 Å². The maximum absolute atomic E-state index is 6.11. The molecule has 0 spiro atoms. The average Bonchev–Trinajstić information content (AvgIpc) is 1.93. The Kier molecular flexibility index (Phi) is 3.09. The molecule has 1 aliphatic rings. The predicted molar refractivity (Wildman–Crippen MR) is 48.8 cm³/mol. The van der Waals surface area contributed by atoms with E-state index >= 15 is 0 Å². The fourth-order valence-corrected chi connectivity index (χ4v) is 2.38. The highest BCUT2D eigenvalue weighted by molar-refractivity contribution is 7.07. The Morgan fingerprint density at radius 2 is 1.50 bits per heavy atom. The van der Waals surface area contributed by atoms with Crippen LogP contribution in [0.25, 0.3) is 0 Å². The lowest BCUT2D eigenvalue weighted by Gasteiger charge is -2.05. The normalized spacial score (nSPS) is 35.7. The van der Waals surface area contributed by atoms with E-state index in [-0.39, 0.29) is 0 Å². The van der Waals surface area contributed by atoms with Crippen molar-refractivity contribution < 1.29 is 0 Å². The summed E-state index contributed by atoms with van der Waals surface area (Å²) in [5.74, 6) is 1.71. The van der Waals surface area contributed by atoms with Crippen molar-refractivity contribution >= 4 is 17.6 Å². The molecule has 1 saturated heterocycles. The van der Waals surface area contributed by atoms with Gasteiger partial charge in [-0.15, -0.1) is 0 Å². The number of hydrogen-bond acceptors (Lipinski definition) is 0. The molecule has 1 rings (SSSR count). The maximum atomic E-state index is 6.11. The van der Waals surface area contributed by atoms with Gasteiger partial charge in [0.1, 0.15) is 0 Å². The molecular weight excluding hydrogens is 142 g/mol. The van der Waals surface area contributed by atoms with Gasteiger partial charge in [-0.2, -0.15) is 11.5 Å². The van der Waals surface area contributed by atoms with Crippen LogP contribution in [0.1, 0.15) is 26.7 Å². The largest absolute Gasteiger partial charge is 0.251 e. The Hall–Kier alpha value is 0.355. The van der Waals surface area contributed by atoms with Gasteiger partial charge in [-0.25, -0.2) is 0 Å². The molecule has 1 aliphatic heterocycles. The van der Waals surface area contributed by atoms with E-state index in [2.05, 4.69) is 13.8 Å². The third kappa shape index (κ3) is 2.53. The molecule has 1 heterocycles. The lowest BCUT2D eigenvalue weighted by Crippen LogP contribution is -2.06. The molecular formula is C8H16BCl. The van der Waals surface area contributed by atoms with Crippen molar-refractivity contribution in [2.45, 2.75) is 39.3 Å². The summed E-state index contributed by atoms with van der Waals surface area (Å²) in [5, 5.41) is 0. The molecule has 1 fully saturated rings. The molecule has 0 nitrogen and oxygen atoms in total. The summed E-state index contributed by atoms with van der Waals surface area (Å²) in [7, 11) is 0. The van der Waals surface area contributed by atoms with E-state index in [1.54, 1.807) is 0 Å². The first-order chi connectivity index (χ1) is 4.68. The first-order valence-electron chi connectivity index (χ1n) is 4.32. The Morgan fingerprint density at radius 1 is 1.10 bits per heavy atom. The van der Waals surface area contributed by atoms with E-state index < -0.39 is 0 Å².